The first-order valence-electron chi connectivity index (χ1n) is 7.45. The molecular formula is C15H24N2O3. The summed E-state index contributed by atoms with van der Waals surface area (Å²) >= 11 is 0. The molecule has 1 aromatic rings. The molecule has 1 saturated heterocycles. The van der Waals surface area contributed by atoms with Gasteiger partial charge in [0, 0.05) is 18.5 Å². The fraction of sp³-hybridized carbons (Fsp3) is 0.733. The Morgan fingerprint density at radius 1 is 1.40 bits per heavy atom. The van der Waals surface area contributed by atoms with Crippen molar-refractivity contribution in [1.82, 2.24) is 10.1 Å². The Hall–Kier alpha value is -1.36. The lowest BCUT2D eigenvalue weighted by molar-refractivity contribution is -0.134. The predicted octanol–water partition coefficient (Wildman–Crippen LogP) is 1.99. The van der Waals surface area contributed by atoms with E-state index in [1.165, 1.54) is 0 Å². The molecule has 5 heteroatoms. The summed E-state index contributed by atoms with van der Waals surface area (Å²) in [5.41, 5.74) is 1.90. The first kappa shape index (κ1) is 15.0. The third-order valence-electron chi connectivity index (χ3n) is 4.18. The number of hydrogen-bond donors (Lipinski definition) is 1. The van der Waals surface area contributed by atoms with Gasteiger partial charge in [-0.15, -0.1) is 0 Å². The van der Waals surface area contributed by atoms with Crippen molar-refractivity contribution in [2.75, 3.05) is 13.2 Å². The first-order valence-corrected chi connectivity index (χ1v) is 7.45. The number of rotatable bonds is 4. The highest BCUT2D eigenvalue weighted by Gasteiger charge is 2.24. The van der Waals surface area contributed by atoms with Crippen LogP contribution in [0.25, 0.3) is 0 Å². The molecule has 5 nitrogen and oxygen atoms in total. The van der Waals surface area contributed by atoms with Gasteiger partial charge in [0.05, 0.1) is 18.3 Å². The number of aliphatic hydroxyl groups is 1. The Morgan fingerprint density at radius 3 is 2.85 bits per heavy atom. The zero-order valence-corrected chi connectivity index (χ0v) is 12.4. The number of nitrogens with zero attached hydrogens (tertiary/aromatic N) is 2. The average molecular weight is 280 g/mol. The summed E-state index contributed by atoms with van der Waals surface area (Å²) in [5, 5.41) is 13.4. The van der Waals surface area contributed by atoms with Gasteiger partial charge in [0.1, 0.15) is 5.76 Å². The largest absolute Gasteiger partial charge is 0.394 e. The molecule has 1 amide bonds. The topological polar surface area (TPSA) is 66.6 Å². The quantitative estimate of drug-likeness (QED) is 0.916. The minimum atomic E-state index is -0.00494. The van der Waals surface area contributed by atoms with Crippen LogP contribution in [0.1, 0.15) is 49.1 Å². The molecule has 0 bridgehead atoms. The molecule has 20 heavy (non-hydrogen) atoms. The minimum absolute atomic E-state index is 0.00494. The number of aliphatic hydroxyl groups excluding tert-OH is 1. The van der Waals surface area contributed by atoms with Gasteiger partial charge >= 0.3 is 0 Å². The van der Waals surface area contributed by atoms with Gasteiger partial charge in [-0.2, -0.15) is 0 Å². The van der Waals surface area contributed by atoms with Crippen molar-refractivity contribution >= 4 is 5.91 Å². The highest BCUT2D eigenvalue weighted by Crippen LogP contribution is 2.19. The van der Waals surface area contributed by atoms with Crippen LogP contribution in [0.2, 0.25) is 0 Å². The summed E-state index contributed by atoms with van der Waals surface area (Å²) in [6, 6.07) is -0.00494. The van der Waals surface area contributed by atoms with E-state index in [4.69, 9.17) is 4.52 Å². The smallest absolute Gasteiger partial charge is 0.223 e. The Balaban J connectivity index is 1.96. The number of aromatic nitrogens is 1. The minimum Gasteiger partial charge on any atom is -0.394 e. The van der Waals surface area contributed by atoms with E-state index in [2.05, 4.69) is 5.16 Å². The molecule has 0 spiro atoms. The van der Waals surface area contributed by atoms with E-state index in [9.17, 15) is 9.90 Å². The van der Waals surface area contributed by atoms with Crippen molar-refractivity contribution in [3.8, 4) is 0 Å². The molecular weight excluding hydrogens is 256 g/mol. The standard InChI is InChI=1S/C15H24N2O3/c1-11-14(12(2)20-16-11)7-8-15(19)17-9-5-3-4-6-13(17)10-18/h13,18H,3-10H2,1-2H3. The zero-order valence-electron chi connectivity index (χ0n) is 12.4. The van der Waals surface area contributed by atoms with E-state index in [1.54, 1.807) is 0 Å². The monoisotopic (exact) mass is 280 g/mol. The third kappa shape index (κ3) is 3.39. The molecule has 0 saturated carbocycles. The maximum absolute atomic E-state index is 12.4. The zero-order chi connectivity index (χ0) is 14.5. The van der Waals surface area contributed by atoms with Gasteiger partial charge in [0.2, 0.25) is 5.91 Å². The Labute approximate surface area is 119 Å². The molecule has 2 rings (SSSR count). The van der Waals surface area contributed by atoms with Gasteiger partial charge in [0.25, 0.3) is 0 Å². The van der Waals surface area contributed by atoms with Gasteiger partial charge in [0.15, 0.2) is 0 Å². The average Bonchev–Trinajstić information content (AvgIpc) is 2.67. The van der Waals surface area contributed by atoms with Crippen molar-refractivity contribution in [2.45, 2.75) is 58.4 Å². The van der Waals surface area contributed by atoms with Crippen LogP contribution < -0.4 is 0 Å². The number of aryl methyl sites for hydroxylation is 2. The third-order valence-corrected chi connectivity index (χ3v) is 4.18. The number of carbonyl (C=O) groups is 1. The van der Waals surface area contributed by atoms with Crippen LogP contribution in [-0.4, -0.2) is 40.3 Å². The number of hydrogen-bond acceptors (Lipinski definition) is 4. The second-order valence-corrected chi connectivity index (χ2v) is 5.58. The van der Waals surface area contributed by atoms with Crippen LogP contribution >= 0.6 is 0 Å². The normalized spacial score (nSPS) is 19.9. The van der Waals surface area contributed by atoms with Crippen molar-refractivity contribution in [2.24, 2.45) is 0 Å². The molecule has 1 N–H and O–H groups in total. The van der Waals surface area contributed by atoms with Crippen LogP contribution in [0, 0.1) is 13.8 Å². The summed E-state index contributed by atoms with van der Waals surface area (Å²) in [5.74, 6) is 0.927. The van der Waals surface area contributed by atoms with E-state index in [1.807, 2.05) is 18.7 Å². The van der Waals surface area contributed by atoms with Crippen LogP contribution in [0.15, 0.2) is 4.52 Å². The van der Waals surface area contributed by atoms with Crippen molar-refractivity contribution in [1.29, 1.82) is 0 Å². The van der Waals surface area contributed by atoms with E-state index >= 15 is 0 Å². The predicted molar refractivity (Wildman–Crippen MR) is 75.4 cm³/mol. The second-order valence-electron chi connectivity index (χ2n) is 5.58. The molecule has 0 aliphatic carbocycles. The maximum atomic E-state index is 12.4. The Morgan fingerprint density at radius 2 is 2.20 bits per heavy atom. The van der Waals surface area contributed by atoms with Crippen LogP contribution in [0.3, 0.4) is 0 Å². The summed E-state index contributed by atoms with van der Waals surface area (Å²) in [7, 11) is 0. The molecule has 1 aliphatic rings. The fourth-order valence-electron chi connectivity index (χ4n) is 2.93. The molecule has 0 aromatic carbocycles. The van der Waals surface area contributed by atoms with Crippen molar-refractivity contribution in [3.63, 3.8) is 0 Å². The first-order chi connectivity index (χ1) is 9.63. The molecule has 1 unspecified atom stereocenters. The highest BCUT2D eigenvalue weighted by molar-refractivity contribution is 5.77. The van der Waals surface area contributed by atoms with E-state index in [0.29, 0.717) is 12.8 Å². The van der Waals surface area contributed by atoms with Gasteiger partial charge in [-0.25, -0.2) is 0 Å². The summed E-state index contributed by atoms with van der Waals surface area (Å²) in [6.07, 6.45) is 5.30. The number of likely N-dealkylation sites (tertiary alicyclic amines) is 1. The molecule has 1 atom stereocenters. The number of carbonyl (C=O) groups excluding carboxylic acids is 1. The lowest BCUT2D eigenvalue weighted by atomic mass is 10.1. The summed E-state index contributed by atoms with van der Waals surface area (Å²) in [4.78, 5) is 14.3. The van der Waals surface area contributed by atoms with Crippen LogP contribution in [0.5, 0.6) is 0 Å². The fourth-order valence-corrected chi connectivity index (χ4v) is 2.93. The van der Waals surface area contributed by atoms with E-state index < -0.39 is 0 Å². The molecule has 112 valence electrons. The lowest BCUT2D eigenvalue weighted by Crippen LogP contribution is -2.42. The summed E-state index contributed by atoms with van der Waals surface area (Å²) < 4.78 is 5.12. The summed E-state index contributed by atoms with van der Waals surface area (Å²) in [6.45, 7) is 4.61. The van der Waals surface area contributed by atoms with Gasteiger partial charge in [-0.3, -0.25) is 4.79 Å². The molecule has 2 heterocycles. The number of amides is 1. The molecule has 1 aliphatic heterocycles. The van der Waals surface area contributed by atoms with Crippen LogP contribution in [0.4, 0.5) is 0 Å². The molecule has 1 fully saturated rings. The van der Waals surface area contributed by atoms with Gasteiger partial charge in [-0.05, 0) is 33.1 Å². The molecule has 0 radical (unpaired) electrons. The highest BCUT2D eigenvalue weighted by atomic mass is 16.5. The van der Waals surface area contributed by atoms with Crippen molar-refractivity contribution in [3.05, 3.63) is 17.0 Å². The molecule has 1 aromatic heterocycles. The lowest BCUT2D eigenvalue weighted by Gasteiger charge is -2.28. The van der Waals surface area contributed by atoms with Crippen LogP contribution in [-0.2, 0) is 11.2 Å². The van der Waals surface area contributed by atoms with Crippen molar-refractivity contribution < 1.29 is 14.4 Å². The SMILES string of the molecule is Cc1noc(C)c1CCC(=O)N1CCCCCC1CO. The van der Waals surface area contributed by atoms with Gasteiger partial charge in [-0.1, -0.05) is 18.0 Å². The Bertz CT molecular complexity index is 436. The Kier molecular flexibility index (Phi) is 5.17. The van der Waals surface area contributed by atoms with Gasteiger partial charge < -0.3 is 14.5 Å². The van der Waals surface area contributed by atoms with E-state index in [-0.39, 0.29) is 18.6 Å². The van der Waals surface area contributed by atoms with E-state index in [0.717, 1.165) is 49.2 Å². The maximum Gasteiger partial charge on any atom is 0.223 e. The second kappa shape index (κ2) is 6.88.